The zero-order valence-corrected chi connectivity index (χ0v) is 12.5. The van der Waals surface area contributed by atoms with Gasteiger partial charge in [-0.2, -0.15) is 0 Å². The maximum atomic E-state index is 11.8. The van der Waals surface area contributed by atoms with E-state index in [-0.39, 0.29) is 16.5 Å². The minimum absolute atomic E-state index is 0. The molecule has 2 aromatic carbocycles. The van der Waals surface area contributed by atoms with Gasteiger partial charge in [0.05, 0.1) is 0 Å². The zero-order valence-electron chi connectivity index (χ0n) is 9.76. The van der Waals surface area contributed by atoms with E-state index in [1.807, 2.05) is 12.1 Å². The van der Waals surface area contributed by atoms with E-state index >= 15 is 0 Å². The average Bonchev–Trinajstić information content (AvgIpc) is 2.49. The molecule has 0 aliphatic heterocycles. The predicted octanol–water partition coefficient (Wildman–Crippen LogP) is 3.13. The van der Waals surface area contributed by atoms with E-state index in [0.717, 1.165) is 0 Å². The van der Waals surface area contributed by atoms with E-state index in [1.54, 1.807) is 48.5 Å². The molecular formula is C14H11NiO2S2-. The third-order valence-corrected chi connectivity index (χ3v) is 2.28. The van der Waals surface area contributed by atoms with Crippen molar-refractivity contribution in [2.45, 2.75) is 0 Å². The Labute approximate surface area is 132 Å². The van der Waals surface area contributed by atoms with Crippen LogP contribution in [0.2, 0.25) is 0 Å². The fourth-order valence-corrected chi connectivity index (χ4v) is 1.44. The van der Waals surface area contributed by atoms with Crippen molar-refractivity contribution in [3.63, 3.8) is 0 Å². The van der Waals surface area contributed by atoms with Crippen LogP contribution in [-0.2, 0) is 28.2 Å². The summed E-state index contributed by atoms with van der Waals surface area (Å²) >= 11 is 6.89. The molecule has 0 aliphatic rings. The van der Waals surface area contributed by atoms with Crippen LogP contribution in [0, 0.1) is 0 Å². The summed E-state index contributed by atoms with van der Waals surface area (Å²) in [6, 6.07) is 17.2. The number of hydrogen-bond donors (Lipinski definition) is 1. The minimum Gasteiger partial charge on any atom is -0.723 e. The Morgan fingerprint density at radius 2 is 0.947 bits per heavy atom. The van der Waals surface area contributed by atoms with Gasteiger partial charge >= 0.3 is 0 Å². The predicted molar refractivity (Wildman–Crippen MR) is 77.9 cm³/mol. The van der Waals surface area contributed by atoms with Gasteiger partial charge in [0.2, 0.25) is 11.6 Å². The van der Waals surface area contributed by atoms with Crippen LogP contribution < -0.4 is 0 Å². The molecule has 0 amide bonds. The molecule has 0 atom stereocenters. The Kier molecular flexibility index (Phi) is 9.31. The summed E-state index contributed by atoms with van der Waals surface area (Å²) in [5.74, 6) is -0.932. The van der Waals surface area contributed by atoms with Crippen molar-refractivity contribution in [2.24, 2.45) is 0 Å². The van der Waals surface area contributed by atoms with Crippen molar-refractivity contribution < 1.29 is 26.1 Å². The number of carbonyl (C=O) groups excluding carboxylic acids is 2. The van der Waals surface area contributed by atoms with Crippen LogP contribution in [0.3, 0.4) is 0 Å². The van der Waals surface area contributed by atoms with E-state index in [1.165, 1.54) is 0 Å². The first-order valence-electron chi connectivity index (χ1n) is 5.16. The standard InChI is InChI=1S/C14H10O2.Ni.H2S2/c15-13(11-7-3-1-4-8-11)14(16)12-9-5-2-6-10-12;;1-2/h1-10H;;1-2H/p-1. The second-order valence-corrected chi connectivity index (χ2v) is 3.39. The van der Waals surface area contributed by atoms with Crippen molar-refractivity contribution >= 4 is 34.9 Å². The van der Waals surface area contributed by atoms with Crippen LogP contribution in [0.5, 0.6) is 0 Å². The number of benzene rings is 2. The van der Waals surface area contributed by atoms with Crippen LogP contribution in [-0.4, -0.2) is 11.6 Å². The molecule has 0 saturated heterocycles. The number of hydrogen-bond acceptors (Lipinski definition) is 4. The first-order valence-corrected chi connectivity index (χ1v) is 6.62. The largest absolute Gasteiger partial charge is 0.723 e. The Morgan fingerprint density at radius 3 is 1.21 bits per heavy atom. The Morgan fingerprint density at radius 1 is 0.684 bits per heavy atom. The SMILES string of the molecule is O=C(C(=O)c1ccccc1)c1ccccc1.[Ni].[S-]S. The number of Topliss-reactive ketones (excluding diaryl/α,β-unsaturated/α-hetero) is 2. The summed E-state index contributed by atoms with van der Waals surface area (Å²) in [7, 11) is 0. The Balaban J connectivity index is 0.00000103. The van der Waals surface area contributed by atoms with Crippen molar-refractivity contribution in [1.29, 1.82) is 0 Å². The van der Waals surface area contributed by atoms with Crippen LogP contribution in [0.1, 0.15) is 20.7 Å². The second kappa shape index (κ2) is 9.85. The molecule has 0 fully saturated rings. The molecule has 19 heavy (non-hydrogen) atoms. The van der Waals surface area contributed by atoms with E-state index in [9.17, 15) is 9.59 Å². The third kappa shape index (κ3) is 5.23. The summed E-state index contributed by atoms with van der Waals surface area (Å²) < 4.78 is 0. The minimum atomic E-state index is -0.466. The van der Waals surface area contributed by atoms with Gasteiger partial charge in [-0.1, -0.05) is 60.7 Å². The van der Waals surface area contributed by atoms with Gasteiger partial charge in [-0.25, -0.2) is 0 Å². The molecule has 0 aliphatic carbocycles. The number of rotatable bonds is 3. The summed E-state index contributed by atoms with van der Waals surface area (Å²) in [5, 5.41) is 0. The van der Waals surface area contributed by atoms with Crippen LogP contribution >= 0.6 is 11.7 Å². The van der Waals surface area contributed by atoms with E-state index in [2.05, 4.69) is 23.3 Å². The maximum Gasteiger partial charge on any atom is 0.233 e. The third-order valence-electron chi connectivity index (χ3n) is 2.28. The first-order chi connectivity index (χ1) is 8.79. The van der Waals surface area contributed by atoms with E-state index < -0.39 is 11.6 Å². The molecule has 2 nitrogen and oxygen atoms in total. The van der Waals surface area contributed by atoms with Gasteiger partial charge in [-0.05, 0) is 0 Å². The van der Waals surface area contributed by atoms with Crippen molar-refractivity contribution in [3.05, 3.63) is 71.8 Å². The summed E-state index contributed by atoms with van der Waals surface area (Å²) in [6.07, 6.45) is 0. The molecule has 0 bridgehead atoms. The molecule has 2 aromatic rings. The molecule has 102 valence electrons. The van der Waals surface area contributed by atoms with Gasteiger partial charge in [-0.3, -0.25) is 9.59 Å². The molecule has 2 rings (SSSR count). The van der Waals surface area contributed by atoms with Crippen molar-refractivity contribution in [2.75, 3.05) is 0 Å². The fourth-order valence-electron chi connectivity index (χ4n) is 1.44. The Hall–Kier alpha value is -1.03. The molecular weight excluding hydrogens is 323 g/mol. The van der Waals surface area contributed by atoms with Gasteiger partial charge in [-0.15, -0.1) is 0 Å². The summed E-state index contributed by atoms with van der Waals surface area (Å²) in [4.78, 5) is 23.6. The molecule has 0 spiro atoms. The Bertz CT molecular complexity index is 466. The normalized spacial score (nSPS) is 8.53. The van der Waals surface area contributed by atoms with Crippen LogP contribution in [0.15, 0.2) is 60.7 Å². The van der Waals surface area contributed by atoms with Gasteiger partial charge in [0.1, 0.15) is 0 Å². The van der Waals surface area contributed by atoms with E-state index in [0.29, 0.717) is 11.1 Å². The fraction of sp³-hybridized carbons (Fsp3) is 0. The summed E-state index contributed by atoms with van der Waals surface area (Å²) in [6.45, 7) is 0. The quantitative estimate of drug-likeness (QED) is 0.234. The number of ketones is 2. The topological polar surface area (TPSA) is 34.1 Å². The molecule has 0 heterocycles. The van der Waals surface area contributed by atoms with Crippen LogP contribution in [0.25, 0.3) is 0 Å². The monoisotopic (exact) mass is 333 g/mol. The molecule has 0 saturated carbocycles. The molecule has 0 radical (unpaired) electrons. The van der Waals surface area contributed by atoms with Gasteiger partial charge in [0.15, 0.2) is 0 Å². The number of thiol groups is 1. The smallest absolute Gasteiger partial charge is 0.233 e. The molecule has 0 unspecified atom stereocenters. The van der Waals surface area contributed by atoms with Gasteiger partial charge in [0, 0.05) is 27.6 Å². The van der Waals surface area contributed by atoms with Crippen LogP contribution in [0.4, 0.5) is 0 Å². The molecule has 0 N–H and O–H groups in total. The van der Waals surface area contributed by atoms with Crippen molar-refractivity contribution in [3.8, 4) is 0 Å². The summed E-state index contributed by atoms with van der Waals surface area (Å²) in [5.41, 5.74) is 0.854. The maximum absolute atomic E-state index is 11.8. The zero-order chi connectivity index (χ0) is 13.4. The first kappa shape index (κ1) is 18.0. The number of carbonyl (C=O) groups is 2. The van der Waals surface area contributed by atoms with Crippen molar-refractivity contribution in [1.82, 2.24) is 0 Å². The second-order valence-electron chi connectivity index (χ2n) is 3.39. The van der Waals surface area contributed by atoms with E-state index in [4.69, 9.17) is 0 Å². The average molecular weight is 334 g/mol. The van der Waals surface area contributed by atoms with Gasteiger partial charge in [0.25, 0.3) is 0 Å². The molecule has 5 heteroatoms. The van der Waals surface area contributed by atoms with Gasteiger partial charge < -0.3 is 23.3 Å². The molecule has 0 aromatic heterocycles.